The summed E-state index contributed by atoms with van der Waals surface area (Å²) in [5.41, 5.74) is 0.463. The van der Waals surface area contributed by atoms with E-state index >= 15 is 0 Å². The highest BCUT2D eigenvalue weighted by molar-refractivity contribution is 6.01. The molecule has 0 bridgehead atoms. The fourth-order valence-electron chi connectivity index (χ4n) is 3.65. The fraction of sp³-hybridized carbons (Fsp3) is 0.444. The maximum absolute atomic E-state index is 12.7. The molecular formula is C18H20N2O6. The minimum absolute atomic E-state index is 0.232. The lowest BCUT2D eigenvalue weighted by atomic mass is 10.1. The van der Waals surface area contributed by atoms with Crippen LogP contribution < -0.4 is 0 Å². The molecule has 3 rings (SSSR count). The van der Waals surface area contributed by atoms with Crippen molar-refractivity contribution in [2.45, 2.75) is 37.8 Å². The minimum Gasteiger partial charge on any atom is -0.480 e. The number of hydrogen-bond acceptors (Lipinski definition) is 4. The third-order valence-electron chi connectivity index (χ3n) is 4.95. The van der Waals surface area contributed by atoms with Gasteiger partial charge in [-0.1, -0.05) is 6.07 Å². The average Bonchev–Trinajstić information content (AvgIpc) is 3.29. The number of carboxylic acid groups (broad SMARTS) is 2. The van der Waals surface area contributed by atoms with E-state index in [0.29, 0.717) is 38.8 Å². The molecule has 1 aromatic rings. The van der Waals surface area contributed by atoms with E-state index < -0.39 is 35.8 Å². The lowest BCUT2D eigenvalue weighted by Crippen LogP contribution is -2.41. The smallest absolute Gasteiger partial charge is 0.326 e. The molecule has 0 aromatic heterocycles. The highest BCUT2D eigenvalue weighted by Gasteiger charge is 2.36. The van der Waals surface area contributed by atoms with Gasteiger partial charge in [-0.05, 0) is 43.9 Å². The molecule has 2 aliphatic heterocycles. The van der Waals surface area contributed by atoms with Gasteiger partial charge in [0.2, 0.25) is 0 Å². The Kier molecular flexibility index (Phi) is 4.92. The number of likely N-dealkylation sites (tertiary alicyclic amines) is 2. The van der Waals surface area contributed by atoms with Gasteiger partial charge in [0, 0.05) is 24.2 Å². The first-order valence-electron chi connectivity index (χ1n) is 8.57. The van der Waals surface area contributed by atoms with Crippen LogP contribution >= 0.6 is 0 Å². The maximum Gasteiger partial charge on any atom is 0.326 e. The standard InChI is InChI=1S/C18H20N2O6/c21-15(19-8-2-6-13(19)17(23)24)11-4-1-5-12(10-11)16(22)20-9-3-7-14(20)18(25)26/h1,4-5,10,13-14H,2-3,6-9H2,(H,23,24)(H,25,26). The van der Waals surface area contributed by atoms with Crippen LogP contribution in [0.3, 0.4) is 0 Å². The lowest BCUT2D eigenvalue weighted by Gasteiger charge is -2.23. The maximum atomic E-state index is 12.7. The molecule has 8 nitrogen and oxygen atoms in total. The second kappa shape index (κ2) is 7.15. The van der Waals surface area contributed by atoms with Gasteiger partial charge in [0.25, 0.3) is 11.8 Å². The summed E-state index contributed by atoms with van der Waals surface area (Å²) in [4.78, 5) is 50.5. The third-order valence-corrected chi connectivity index (χ3v) is 4.95. The van der Waals surface area contributed by atoms with Crippen LogP contribution in [0.4, 0.5) is 0 Å². The predicted octanol–water partition coefficient (Wildman–Crippen LogP) is 1.06. The summed E-state index contributed by atoms with van der Waals surface area (Å²) in [5, 5.41) is 18.5. The van der Waals surface area contributed by atoms with Crippen LogP contribution in [0.1, 0.15) is 46.4 Å². The topological polar surface area (TPSA) is 115 Å². The Balaban J connectivity index is 1.82. The minimum atomic E-state index is -1.04. The summed E-state index contributed by atoms with van der Waals surface area (Å²) in [5.74, 6) is -2.93. The van der Waals surface area contributed by atoms with Gasteiger partial charge in [-0.15, -0.1) is 0 Å². The monoisotopic (exact) mass is 360 g/mol. The number of nitrogens with zero attached hydrogens (tertiary/aromatic N) is 2. The number of amides is 2. The van der Waals surface area contributed by atoms with Crippen molar-refractivity contribution in [3.8, 4) is 0 Å². The van der Waals surface area contributed by atoms with E-state index in [1.807, 2.05) is 0 Å². The summed E-state index contributed by atoms with van der Waals surface area (Å²) < 4.78 is 0. The van der Waals surface area contributed by atoms with E-state index in [9.17, 15) is 29.4 Å². The number of aliphatic carboxylic acids is 2. The van der Waals surface area contributed by atoms with E-state index in [-0.39, 0.29) is 11.1 Å². The summed E-state index contributed by atoms with van der Waals surface area (Å²) >= 11 is 0. The first kappa shape index (κ1) is 17.9. The molecule has 2 atom stereocenters. The molecule has 2 heterocycles. The number of carbonyl (C=O) groups is 4. The largest absolute Gasteiger partial charge is 0.480 e. The molecule has 0 radical (unpaired) electrons. The van der Waals surface area contributed by atoms with Gasteiger partial charge >= 0.3 is 11.9 Å². The molecule has 2 N–H and O–H groups in total. The summed E-state index contributed by atoms with van der Waals surface area (Å²) in [7, 11) is 0. The van der Waals surface area contributed by atoms with Crippen molar-refractivity contribution in [3.63, 3.8) is 0 Å². The second-order valence-corrected chi connectivity index (χ2v) is 6.57. The molecule has 138 valence electrons. The highest BCUT2D eigenvalue weighted by atomic mass is 16.4. The van der Waals surface area contributed by atoms with Crippen molar-refractivity contribution in [2.24, 2.45) is 0 Å². The van der Waals surface area contributed by atoms with Gasteiger partial charge < -0.3 is 20.0 Å². The third kappa shape index (κ3) is 3.26. The van der Waals surface area contributed by atoms with E-state index in [2.05, 4.69) is 0 Å². The number of carbonyl (C=O) groups excluding carboxylic acids is 2. The molecule has 2 amide bonds. The second-order valence-electron chi connectivity index (χ2n) is 6.57. The Bertz CT molecular complexity index is 703. The normalized spacial score (nSPS) is 22.5. The van der Waals surface area contributed by atoms with Crippen LogP contribution in [0.5, 0.6) is 0 Å². The van der Waals surface area contributed by atoms with Crippen LogP contribution in [0.2, 0.25) is 0 Å². The SMILES string of the molecule is O=C(O)C1CCCN1C(=O)c1cccc(C(=O)N2CCCC2C(=O)O)c1. The molecule has 0 saturated carbocycles. The average molecular weight is 360 g/mol. The van der Waals surface area contributed by atoms with Crippen LogP contribution in [-0.2, 0) is 9.59 Å². The lowest BCUT2D eigenvalue weighted by molar-refractivity contribution is -0.142. The van der Waals surface area contributed by atoms with Gasteiger partial charge in [-0.2, -0.15) is 0 Å². The Morgan fingerprint density at radius 3 is 1.62 bits per heavy atom. The van der Waals surface area contributed by atoms with Gasteiger partial charge in [-0.25, -0.2) is 9.59 Å². The Morgan fingerprint density at radius 1 is 0.808 bits per heavy atom. The van der Waals surface area contributed by atoms with Gasteiger partial charge in [0.1, 0.15) is 12.1 Å². The Hall–Kier alpha value is -2.90. The van der Waals surface area contributed by atoms with Crippen LogP contribution in [0, 0.1) is 0 Å². The molecule has 26 heavy (non-hydrogen) atoms. The molecule has 2 fully saturated rings. The van der Waals surface area contributed by atoms with Crippen LogP contribution in [0.25, 0.3) is 0 Å². The van der Waals surface area contributed by atoms with Crippen LogP contribution in [-0.4, -0.2) is 68.9 Å². The zero-order valence-corrected chi connectivity index (χ0v) is 14.1. The van der Waals surface area contributed by atoms with E-state index in [4.69, 9.17) is 0 Å². The predicted molar refractivity (Wildman–Crippen MR) is 89.8 cm³/mol. The summed E-state index contributed by atoms with van der Waals surface area (Å²) in [6.45, 7) is 0.725. The molecule has 8 heteroatoms. The van der Waals surface area contributed by atoms with Gasteiger partial charge in [0.05, 0.1) is 0 Å². The van der Waals surface area contributed by atoms with Crippen molar-refractivity contribution in [1.29, 1.82) is 0 Å². The zero-order valence-electron chi connectivity index (χ0n) is 14.1. The molecule has 0 spiro atoms. The van der Waals surface area contributed by atoms with E-state index in [0.717, 1.165) is 0 Å². The Labute approximate surface area is 150 Å². The van der Waals surface area contributed by atoms with Crippen molar-refractivity contribution in [3.05, 3.63) is 35.4 Å². The van der Waals surface area contributed by atoms with Gasteiger partial charge in [0.15, 0.2) is 0 Å². The van der Waals surface area contributed by atoms with E-state index in [1.165, 1.54) is 28.0 Å². The molecule has 2 unspecified atom stereocenters. The molecule has 1 aromatic carbocycles. The molecular weight excluding hydrogens is 340 g/mol. The van der Waals surface area contributed by atoms with Crippen molar-refractivity contribution in [2.75, 3.05) is 13.1 Å². The van der Waals surface area contributed by atoms with Gasteiger partial charge in [-0.3, -0.25) is 9.59 Å². The van der Waals surface area contributed by atoms with E-state index in [1.54, 1.807) is 6.07 Å². The van der Waals surface area contributed by atoms with Crippen molar-refractivity contribution < 1.29 is 29.4 Å². The summed E-state index contributed by atoms with van der Waals surface area (Å²) in [6.07, 6.45) is 2.06. The number of hydrogen-bond donors (Lipinski definition) is 2. The quantitative estimate of drug-likeness (QED) is 0.830. The fourth-order valence-corrected chi connectivity index (χ4v) is 3.65. The highest BCUT2D eigenvalue weighted by Crippen LogP contribution is 2.23. The van der Waals surface area contributed by atoms with Crippen molar-refractivity contribution >= 4 is 23.8 Å². The zero-order chi connectivity index (χ0) is 18.8. The number of rotatable bonds is 4. The first-order valence-corrected chi connectivity index (χ1v) is 8.57. The van der Waals surface area contributed by atoms with Crippen molar-refractivity contribution in [1.82, 2.24) is 9.80 Å². The van der Waals surface area contributed by atoms with Crippen LogP contribution in [0.15, 0.2) is 24.3 Å². The molecule has 2 aliphatic rings. The molecule has 0 aliphatic carbocycles. The molecule has 2 saturated heterocycles. The Morgan fingerprint density at radius 2 is 1.23 bits per heavy atom. The number of carboxylic acids is 2. The number of benzene rings is 1. The summed E-state index contributed by atoms with van der Waals surface area (Å²) in [6, 6.07) is 4.34. The first-order chi connectivity index (χ1) is 12.4.